The molecule has 2 nitrogen and oxygen atoms in total. The Hall–Kier alpha value is -1.30. The molecule has 3 N–H and O–H groups in total. The minimum Gasteiger partial charge on any atom is -0.399 e. The molecule has 0 spiro atoms. The molecular weight excluding hydrogens is 260 g/mol. The van der Waals surface area contributed by atoms with E-state index in [1.54, 1.807) is 6.92 Å². The van der Waals surface area contributed by atoms with Crippen LogP contribution in [0.1, 0.15) is 25.3 Å². The van der Waals surface area contributed by atoms with Gasteiger partial charge in [-0.25, -0.2) is 17.6 Å². The van der Waals surface area contributed by atoms with Gasteiger partial charge in [-0.2, -0.15) is 0 Å². The lowest BCUT2D eigenvalue weighted by Gasteiger charge is -2.41. The maximum absolute atomic E-state index is 13.8. The van der Waals surface area contributed by atoms with E-state index in [1.807, 2.05) is 0 Å². The zero-order valence-electron chi connectivity index (χ0n) is 10.6. The number of benzene rings is 1. The molecule has 19 heavy (non-hydrogen) atoms. The number of nitrogens with one attached hydrogen (secondary N) is 1. The van der Waals surface area contributed by atoms with Crippen molar-refractivity contribution >= 4 is 5.69 Å². The maximum atomic E-state index is 13.8. The van der Waals surface area contributed by atoms with E-state index in [0.717, 1.165) is 6.07 Å². The largest absolute Gasteiger partial charge is 0.399 e. The number of rotatable bonds is 2. The van der Waals surface area contributed by atoms with E-state index < -0.39 is 29.5 Å². The van der Waals surface area contributed by atoms with Crippen LogP contribution in [-0.2, 0) is 5.54 Å². The Morgan fingerprint density at radius 3 is 2.53 bits per heavy atom. The van der Waals surface area contributed by atoms with Crippen LogP contribution < -0.4 is 11.1 Å². The third kappa shape index (κ3) is 2.54. The first-order chi connectivity index (χ1) is 8.80. The zero-order chi connectivity index (χ0) is 14.3. The third-order valence-corrected chi connectivity index (χ3v) is 3.75. The van der Waals surface area contributed by atoms with Crippen molar-refractivity contribution in [3.05, 3.63) is 29.3 Å². The van der Waals surface area contributed by atoms with E-state index in [9.17, 15) is 17.6 Å². The fourth-order valence-corrected chi connectivity index (χ4v) is 2.36. The van der Waals surface area contributed by atoms with Crippen LogP contribution in [0.25, 0.3) is 0 Å². The van der Waals surface area contributed by atoms with E-state index >= 15 is 0 Å². The van der Waals surface area contributed by atoms with Gasteiger partial charge < -0.3 is 11.1 Å². The van der Waals surface area contributed by atoms with Crippen LogP contribution >= 0.6 is 0 Å². The first-order valence-electron chi connectivity index (χ1n) is 6.05. The minimum absolute atomic E-state index is 0.0471. The van der Waals surface area contributed by atoms with Gasteiger partial charge in [-0.05, 0) is 31.9 Å². The third-order valence-electron chi connectivity index (χ3n) is 3.75. The van der Waals surface area contributed by atoms with Gasteiger partial charge in [0.15, 0.2) is 17.3 Å². The number of nitrogens with two attached hydrogens (primary N) is 1. The molecule has 2 atom stereocenters. The molecule has 0 saturated carbocycles. The van der Waals surface area contributed by atoms with E-state index in [4.69, 9.17) is 5.73 Å². The quantitative estimate of drug-likeness (QED) is 0.644. The maximum Gasteiger partial charge on any atom is 0.164 e. The molecule has 1 aliphatic heterocycles. The molecule has 106 valence electrons. The molecule has 0 unspecified atom stereocenters. The van der Waals surface area contributed by atoms with Gasteiger partial charge in [-0.15, -0.1) is 0 Å². The van der Waals surface area contributed by atoms with E-state index in [2.05, 4.69) is 5.32 Å². The lowest BCUT2D eigenvalue weighted by molar-refractivity contribution is 0.0497. The molecular formula is C13H16F4N2. The highest BCUT2D eigenvalue weighted by Crippen LogP contribution is 2.37. The smallest absolute Gasteiger partial charge is 0.164 e. The monoisotopic (exact) mass is 276 g/mol. The summed E-state index contributed by atoms with van der Waals surface area (Å²) in [5.74, 6) is -2.04. The molecule has 0 radical (unpaired) electrons. The molecule has 0 amide bonds. The van der Waals surface area contributed by atoms with Crippen LogP contribution in [0.3, 0.4) is 0 Å². The Labute approximate surface area is 109 Å². The van der Waals surface area contributed by atoms with Crippen LogP contribution in [0.15, 0.2) is 12.1 Å². The first kappa shape index (κ1) is 14.1. The summed E-state index contributed by atoms with van der Waals surface area (Å²) in [5, 5.41) is 2.77. The van der Waals surface area contributed by atoms with Gasteiger partial charge >= 0.3 is 0 Å². The molecule has 2 rings (SSSR count). The van der Waals surface area contributed by atoms with Crippen molar-refractivity contribution in [2.45, 2.75) is 31.0 Å². The molecule has 1 fully saturated rings. The van der Waals surface area contributed by atoms with Gasteiger partial charge in [0.1, 0.15) is 6.67 Å². The highest BCUT2D eigenvalue weighted by atomic mass is 19.2. The van der Waals surface area contributed by atoms with E-state index in [-0.39, 0.29) is 30.6 Å². The second-order valence-corrected chi connectivity index (χ2v) is 5.33. The van der Waals surface area contributed by atoms with Crippen LogP contribution in [0.4, 0.5) is 23.2 Å². The fraction of sp³-hybridized carbons (Fsp3) is 0.538. The van der Waals surface area contributed by atoms with Gasteiger partial charge in [0.05, 0.1) is 0 Å². The molecule has 1 aromatic carbocycles. The SMILES string of the molecule is C[C@@]1(c2cc(N)cc(F)c2F)CC[C@](F)(CF)CN1. The van der Waals surface area contributed by atoms with E-state index in [0.29, 0.717) is 0 Å². The van der Waals surface area contributed by atoms with Gasteiger partial charge in [-0.3, -0.25) is 0 Å². The topological polar surface area (TPSA) is 38.0 Å². The Bertz CT molecular complexity index is 482. The van der Waals surface area contributed by atoms with Gasteiger partial charge in [0, 0.05) is 23.3 Å². The zero-order valence-corrected chi connectivity index (χ0v) is 10.6. The van der Waals surface area contributed by atoms with Crippen molar-refractivity contribution < 1.29 is 17.6 Å². The molecule has 1 saturated heterocycles. The number of hydrogen-bond acceptors (Lipinski definition) is 2. The molecule has 0 aliphatic carbocycles. The number of nitrogen functional groups attached to an aromatic ring is 1. The van der Waals surface area contributed by atoms with Gasteiger partial charge in [-0.1, -0.05) is 0 Å². The van der Waals surface area contributed by atoms with Gasteiger partial charge in [0.2, 0.25) is 0 Å². The standard InChI is InChI=1S/C13H16F4N2/c1-12(2-3-13(17,6-14)7-19-12)9-4-8(18)5-10(15)11(9)16/h4-5,19H,2-3,6-7,18H2,1H3/t12-,13-/m0/s1. The number of hydrogen-bond donors (Lipinski definition) is 2. The number of alkyl halides is 2. The lowest BCUT2D eigenvalue weighted by Crippen LogP contribution is -2.54. The summed E-state index contributed by atoms with van der Waals surface area (Å²) in [4.78, 5) is 0. The summed E-state index contributed by atoms with van der Waals surface area (Å²) in [5.41, 5.74) is 2.76. The van der Waals surface area contributed by atoms with Crippen molar-refractivity contribution in [2.75, 3.05) is 19.0 Å². The van der Waals surface area contributed by atoms with Crippen molar-refractivity contribution in [3.8, 4) is 0 Å². The van der Waals surface area contributed by atoms with Crippen LogP contribution in [0.5, 0.6) is 0 Å². The van der Waals surface area contributed by atoms with Crippen LogP contribution in [-0.4, -0.2) is 18.9 Å². The highest BCUT2D eigenvalue weighted by Gasteiger charge is 2.42. The molecule has 6 heteroatoms. The Morgan fingerprint density at radius 1 is 1.32 bits per heavy atom. The normalized spacial score (nSPS) is 31.4. The Kier molecular flexibility index (Phi) is 3.47. The number of piperidine rings is 1. The summed E-state index contributed by atoms with van der Waals surface area (Å²) in [6.07, 6.45) is 0.107. The summed E-state index contributed by atoms with van der Waals surface area (Å²) in [6.45, 7) is 0.293. The summed E-state index contributed by atoms with van der Waals surface area (Å²) >= 11 is 0. The average molecular weight is 276 g/mol. The Morgan fingerprint density at radius 2 is 2.00 bits per heavy atom. The Balaban J connectivity index is 2.32. The predicted molar refractivity (Wildman–Crippen MR) is 65.2 cm³/mol. The second-order valence-electron chi connectivity index (χ2n) is 5.33. The first-order valence-corrected chi connectivity index (χ1v) is 6.05. The van der Waals surface area contributed by atoms with Crippen molar-refractivity contribution in [3.63, 3.8) is 0 Å². The highest BCUT2D eigenvalue weighted by molar-refractivity contribution is 5.45. The molecule has 0 aromatic heterocycles. The lowest BCUT2D eigenvalue weighted by atomic mass is 9.79. The van der Waals surface area contributed by atoms with Crippen molar-refractivity contribution in [1.82, 2.24) is 5.32 Å². The second kappa shape index (κ2) is 4.67. The summed E-state index contributed by atoms with van der Waals surface area (Å²) < 4.78 is 53.6. The fourth-order valence-electron chi connectivity index (χ4n) is 2.36. The van der Waals surface area contributed by atoms with Gasteiger partial charge in [0.25, 0.3) is 0 Å². The summed E-state index contributed by atoms with van der Waals surface area (Å²) in [6, 6.07) is 2.22. The van der Waals surface area contributed by atoms with E-state index in [1.165, 1.54) is 6.07 Å². The molecule has 1 aliphatic rings. The van der Waals surface area contributed by atoms with Crippen LogP contribution in [0, 0.1) is 11.6 Å². The minimum atomic E-state index is -1.94. The van der Waals surface area contributed by atoms with Crippen molar-refractivity contribution in [2.24, 2.45) is 0 Å². The molecule has 1 heterocycles. The predicted octanol–water partition coefficient (Wildman–Crippen LogP) is 2.82. The summed E-state index contributed by atoms with van der Waals surface area (Å²) in [7, 11) is 0. The number of anilines is 1. The molecule has 1 aromatic rings. The average Bonchev–Trinajstić information content (AvgIpc) is 2.38. The number of halogens is 4. The van der Waals surface area contributed by atoms with Crippen LogP contribution in [0.2, 0.25) is 0 Å². The van der Waals surface area contributed by atoms with Crippen molar-refractivity contribution in [1.29, 1.82) is 0 Å². The molecule has 0 bridgehead atoms.